The number of piperazine rings is 1. The Hall–Kier alpha value is -2.08. The lowest BCUT2D eigenvalue weighted by molar-refractivity contribution is -0.156. The molecule has 0 radical (unpaired) electrons. The first kappa shape index (κ1) is 23.2. The van der Waals surface area contributed by atoms with Crippen molar-refractivity contribution < 1.29 is 14.7 Å². The first-order chi connectivity index (χ1) is 13.9. The molecule has 0 saturated carbocycles. The summed E-state index contributed by atoms with van der Waals surface area (Å²) in [5.41, 5.74) is 1.67. The van der Waals surface area contributed by atoms with E-state index in [0.717, 1.165) is 5.56 Å². The Bertz CT molecular complexity index is 842. The number of aliphatic carboxylic acids is 1. The molecule has 1 aliphatic heterocycles. The minimum atomic E-state index is -0.980. The van der Waals surface area contributed by atoms with E-state index in [4.69, 9.17) is 23.2 Å². The Labute approximate surface area is 181 Å². The second-order valence-corrected chi connectivity index (χ2v) is 7.47. The van der Waals surface area contributed by atoms with E-state index >= 15 is 0 Å². The number of benzene rings is 2. The maximum absolute atomic E-state index is 12.8. The predicted octanol–water partition coefficient (Wildman–Crippen LogP) is 4.53. The first-order valence-corrected chi connectivity index (χ1v) is 10.4. The summed E-state index contributed by atoms with van der Waals surface area (Å²) < 4.78 is 0. The molecule has 1 amide bonds. The maximum Gasteiger partial charge on any atom is 0.323 e. The maximum atomic E-state index is 12.8. The Kier molecular flexibility index (Phi) is 8.50. The molecular weight excluding hydrogens is 411 g/mol. The van der Waals surface area contributed by atoms with Gasteiger partial charge in [0.1, 0.15) is 6.04 Å². The molecule has 5 nitrogen and oxygen atoms in total. The zero-order valence-electron chi connectivity index (χ0n) is 16.8. The van der Waals surface area contributed by atoms with Gasteiger partial charge in [0.25, 0.3) is 0 Å². The number of hydrogen-bond acceptors (Lipinski definition) is 3. The smallest absolute Gasteiger partial charge is 0.323 e. The number of hydrogen-bond donors (Lipinski definition) is 1. The normalized spacial score (nSPS) is 19.5. The fourth-order valence-electron chi connectivity index (χ4n) is 3.51. The van der Waals surface area contributed by atoms with E-state index in [1.165, 1.54) is 0 Å². The van der Waals surface area contributed by atoms with Crippen molar-refractivity contribution in [2.24, 2.45) is 0 Å². The van der Waals surface area contributed by atoms with Gasteiger partial charge in [-0.3, -0.25) is 14.5 Å². The lowest BCUT2D eigenvalue weighted by atomic mass is 9.93. The van der Waals surface area contributed by atoms with Crippen LogP contribution in [0.5, 0.6) is 0 Å². The van der Waals surface area contributed by atoms with Crippen LogP contribution in [0.3, 0.4) is 0 Å². The summed E-state index contributed by atoms with van der Waals surface area (Å²) in [5.74, 6) is -1.10. The van der Waals surface area contributed by atoms with Gasteiger partial charge in [-0.25, -0.2) is 0 Å². The van der Waals surface area contributed by atoms with Gasteiger partial charge in [0.05, 0.1) is 12.6 Å². The summed E-state index contributed by atoms with van der Waals surface area (Å²) in [7, 11) is 1.65. The van der Waals surface area contributed by atoms with Crippen LogP contribution in [-0.4, -0.2) is 53.0 Å². The third-order valence-corrected chi connectivity index (χ3v) is 5.44. The fraction of sp³-hybridized carbons (Fsp3) is 0.364. The molecule has 1 saturated heterocycles. The number of nitrogens with zero attached hydrogens (tertiary/aromatic N) is 2. The van der Waals surface area contributed by atoms with Gasteiger partial charge in [-0.05, 0) is 42.8 Å². The molecule has 1 heterocycles. The van der Waals surface area contributed by atoms with Gasteiger partial charge in [-0.1, -0.05) is 67.4 Å². The predicted molar refractivity (Wildman–Crippen MR) is 116 cm³/mol. The molecule has 2 aromatic carbocycles. The van der Waals surface area contributed by atoms with E-state index in [2.05, 4.69) is 0 Å². The number of halogens is 2. The molecule has 1 N–H and O–H groups in total. The van der Waals surface area contributed by atoms with Crippen molar-refractivity contribution >= 4 is 35.1 Å². The van der Waals surface area contributed by atoms with Crippen LogP contribution in [0.4, 0.5) is 0 Å². The Balaban J connectivity index is 0.00000145. The topological polar surface area (TPSA) is 60.9 Å². The molecule has 1 aliphatic rings. The molecule has 0 aliphatic carbocycles. The number of carbonyl (C=O) groups is 2. The quantitative estimate of drug-likeness (QED) is 0.747. The Morgan fingerprint density at radius 3 is 2.31 bits per heavy atom. The van der Waals surface area contributed by atoms with Gasteiger partial charge in [0.15, 0.2) is 0 Å². The molecule has 0 bridgehead atoms. The number of carboxylic acid groups (broad SMARTS) is 1. The van der Waals surface area contributed by atoms with Gasteiger partial charge < -0.3 is 10.0 Å². The lowest BCUT2D eigenvalue weighted by Crippen LogP contribution is -2.59. The summed E-state index contributed by atoms with van der Waals surface area (Å²) >= 11 is 12.3. The average molecular weight is 437 g/mol. The Morgan fingerprint density at radius 2 is 1.72 bits per heavy atom. The van der Waals surface area contributed by atoms with Gasteiger partial charge in [0.2, 0.25) is 5.91 Å². The van der Waals surface area contributed by atoms with E-state index in [1.54, 1.807) is 53.2 Å². The second kappa shape index (κ2) is 10.6. The largest absolute Gasteiger partial charge is 0.480 e. The van der Waals surface area contributed by atoms with E-state index in [0.29, 0.717) is 28.6 Å². The van der Waals surface area contributed by atoms with Crippen LogP contribution in [0.15, 0.2) is 48.5 Å². The van der Waals surface area contributed by atoms with Crippen LogP contribution in [0.1, 0.15) is 31.0 Å². The molecule has 2 atom stereocenters. The van der Waals surface area contributed by atoms with E-state index < -0.39 is 18.1 Å². The molecule has 156 valence electrons. The van der Waals surface area contributed by atoms with E-state index in [-0.39, 0.29) is 12.5 Å². The number of amides is 1. The molecule has 2 aromatic rings. The van der Waals surface area contributed by atoms with Crippen LogP contribution in [0.25, 0.3) is 0 Å². The summed E-state index contributed by atoms with van der Waals surface area (Å²) in [4.78, 5) is 28.0. The van der Waals surface area contributed by atoms with Crippen molar-refractivity contribution in [3.63, 3.8) is 0 Å². The van der Waals surface area contributed by atoms with Crippen molar-refractivity contribution in [1.82, 2.24) is 9.80 Å². The molecule has 0 aromatic heterocycles. The highest BCUT2D eigenvalue weighted by Crippen LogP contribution is 2.35. The van der Waals surface area contributed by atoms with Crippen molar-refractivity contribution in [1.29, 1.82) is 0 Å². The monoisotopic (exact) mass is 436 g/mol. The zero-order chi connectivity index (χ0) is 21.6. The van der Waals surface area contributed by atoms with Gasteiger partial charge in [-0.15, -0.1) is 0 Å². The van der Waals surface area contributed by atoms with E-state index in [1.807, 2.05) is 26.0 Å². The van der Waals surface area contributed by atoms with Crippen LogP contribution < -0.4 is 0 Å². The molecule has 7 heteroatoms. The highest BCUT2D eigenvalue weighted by molar-refractivity contribution is 6.31. The molecule has 1 fully saturated rings. The third-order valence-electron chi connectivity index (χ3n) is 4.85. The summed E-state index contributed by atoms with van der Waals surface area (Å²) in [6.07, 6.45) is 0.597. The standard InChI is InChI=1S/C20H20Cl2N2O3.C2H6/c1-23-12-17(25)24(11-10-13-6-8-14(21)9-7-13)18(19(23)20(26)27)15-4-2-3-5-16(15)22;1-2/h2-9,18-19H,10-12H2,1H3,(H,26,27);1-2H3. The van der Waals surface area contributed by atoms with Gasteiger partial charge >= 0.3 is 5.97 Å². The Morgan fingerprint density at radius 1 is 1.10 bits per heavy atom. The molecule has 0 spiro atoms. The number of carbonyl (C=O) groups excluding carboxylic acids is 1. The molecule has 2 unspecified atom stereocenters. The minimum absolute atomic E-state index is 0.0541. The van der Waals surface area contributed by atoms with Crippen molar-refractivity contribution in [2.45, 2.75) is 32.4 Å². The highest BCUT2D eigenvalue weighted by Gasteiger charge is 2.44. The van der Waals surface area contributed by atoms with Gasteiger partial charge in [0, 0.05) is 16.6 Å². The molecular formula is C22H26Cl2N2O3. The summed E-state index contributed by atoms with van der Waals surface area (Å²) in [6.45, 7) is 4.45. The van der Waals surface area contributed by atoms with Crippen molar-refractivity contribution in [3.05, 3.63) is 69.7 Å². The lowest BCUT2D eigenvalue weighted by Gasteiger charge is -2.44. The first-order valence-electron chi connectivity index (χ1n) is 9.60. The van der Waals surface area contributed by atoms with Crippen LogP contribution >= 0.6 is 23.2 Å². The fourth-order valence-corrected chi connectivity index (χ4v) is 3.88. The van der Waals surface area contributed by atoms with Crippen LogP contribution in [-0.2, 0) is 16.0 Å². The summed E-state index contributed by atoms with van der Waals surface area (Å²) in [6, 6.07) is 13.0. The van der Waals surface area contributed by atoms with Gasteiger partial charge in [-0.2, -0.15) is 0 Å². The SMILES string of the molecule is CC.CN1CC(=O)N(CCc2ccc(Cl)cc2)C(c2ccccc2Cl)C1C(=O)O. The van der Waals surface area contributed by atoms with Crippen LogP contribution in [0.2, 0.25) is 10.0 Å². The number of rotatable bonds is 5. The summed E-state index contributed by atoms with van der Waals surface area (Å²) in [5, 5.41) is 10.9. The molecule has 29 heavy (non-hydrogen) atoms. The third kappa shape index (κ3) is 5.50. The van der Waals surface area contributed by atoms with Crippen molar-refractivity contribution in [2.75, 3.05) is 20.1 Å². The number of likely N-dealkylation sites (N-methyl/N-ethyl adjacent to an activating group) is 1. The zero-order valence-corrected chi connectivity index (χ0v) is 18.3. The molecule has 3 rings (SSSR count). The average Bonchev–Trinajstić information content (AvgIpc) is 2.70. The van der Waals surface area contributed by atoms with Crippen LogP contribution in [0, 0.1) is 0 Å². The second-order valence-electron chi connectivity index (χ2n) is 6.63. The number of carboxylic acids is 1. The minimum Gasteiger partial charge on any atom is -0.480 e. The van der Waals surface area contributed by atoms with E-state index in [9.17, 15) is 14.7 Å². The highest BCUT2D eigenvalue weighted by atomic mass is 35.5. The van der Waals surface area contributed by atoms with Crippen molar-refractivity contribution in [3.8, 4) is 0 Å².